The van der Waals surface area contributed by atoms with Crippen molar-refractivity contribution in [1.29, 1.82) is 0 Å². The van der Waals surface area contributed by atoms with Crippen LogP contribution in [-0.2, 0) is 15.8 Å². The van der Waals surface area contributed by atoms with Crippen LogP contribution >= 0.6 is 18.6 Å². The summed E-state index contributed by atoms with van der Waals surface area (Å²) >= 11 is 5.74. The molecule has 0 aromatic rings. The fourth-order valence-electron chi connectivity index (χ4n) is 0.381. The zero-order valence-electron chi connectivity index (χ0n) is 7.61. The van der Waals surface area contributed by atoms with Crippen molar-refractivity contribution < 1.29 is 13.2 Å². The molecule has 0 aromatic heterocycles. The number of hydrogen-bond acceptors (Lipinski definition) is 4. The van der Waals surface area contributed by atoms with Crippen molar-refractivity contribution in [2.45, 2.75) is 6.92 Å². The summed E-state index contributed by atoms with van der Waals surface area (Å²) in [4.78, 5) is 10.2. The first-order chi connectivity index (χ1) is 5.95. The number of halogens is 1. The summed E-state index contributed by atoms with van der Waals surface area (Å²) in [5, 5.41) is 2.84. The molecule has 0 radical (unpaired) electrons. The molecule has 0 rings (SSSR count). The van der Waals surface area contributed by atoms with Crippen LogP contribution in [0.25, 0.3) is 0 Å². The highest BCUT2D eigenvalue weighted by atomic mass is 32.5. The van der Waals surface area contributed by atoms with Crippen molar-refractivity contribution in [3.8, 4) is 0 Å². The Morgan fingerprint density at radius 1 is 1.85 bits per heavy atom. The Morgan fingerprint density at radius 3 is 2.69 bits per heavy atom. The van der Waals surface area contributed by atoms with Crippen LogP contribution in [-0.4, -0.2) is 30.7 Å². The van der Waals surface area contributed by atoms with Crippen molar-refractivity contribution in [2.24, 2.45) is 0 Å². The van der Waals surface area contributed by atoms with Crippen LogP contribution in [0.1, 0.15) is 6.92 Å². The SMILES string of the molecule is CCP(=S)(NC)OSN(C)C(=O)F. The summed E-state index contributed by atoms with van der Waals surface area (Å²) in [5.41, 5.74) is 0. The van der Waals surface area contributed by atoms with Crippen molar-refractivity contribution in [3.05, 3.63) is 0 Å². The van der Waals surface area contributed by atoms with E-state index in [0.717, 1.165) is 4.31 Å². The molecular weight excluding hydrogens is 234 g/mol. The fraction of sp³-hybridized carbons (Fsp3) is 0.800. The molecule has 0 fully saturated rings. The Kier molecular flexibility index (Phi) is 6.07. The van der Waals surface area contributed by atoms with Crippen LogP contribution in [0.5, 0.6) is 0 Å². The zero-order chi connectivity index (χ0) is 10.5. The van der Waals surface area contributed by atoms with Gasteiger partial charge in [-0.05, 0) is 18.9 Å². The molecule has 1 atom stereocenters. The molecular formula is C5H12FN2O2PS2. The molecule has 0 aliphatic rings. The van der Waals surface area contributed by atoms with E-state index in [1.54, 1.807) is 7.05 Å². The number of hydrogen-bond donors (Lipinski definition) is 1. The first-order valence-corrected chi connectivity index (χ1v) is 7.13. The van der Waals surface area contributed by atoms with Gasteiger partial charge in [0.15, 0.2) is 0 Å². The van der Waals surface area contributed by atoms with E-state index < -0.39 is 12.6 Å². The Hall–Kier alpha value is 0.320. The molecule has 0 aliphatic heterocycles. The molecule has 1 N–H and O–H groups in total. The van der Waals surface area contributed by atoms with Crippen LogP contribution in [0, 0.1) is 0 Å². The number of rotatable bonds is 5. The Bertz CT molecular complexity index is 221. The summed E-state index contributed by atoms with van der Waals surface area (Å²) < 4.78 is 17.9. The third kappa shape index (κ3) is 4.93. The summed E-state index contributed by atoms with van der Waals surface area (Å²) in [6.45, 7) is 1.87. The van der Waals surface area contributed by atoms with E-state index in [1.165, 1.54) is 7.05 Å². The van der Waals surface area contributed by atoms with E-state index in [4.69, 9.17) is 15.8 Å². The molecule has 1 amide bonds. The molecule has 4 nitrogen and oxygen atoms in total. The van der Waals surface area contributed by atoms with Crippen molar-refractivity contribution >= 4 is 36.6 Å². The smallest absolute Gasteiger partial charge is 0.270 e. The molecule has 0 saturated heterocycles. The van der Waals surface area contributed by atoms with Crippen LogP contribution in [0.2, 0.25) is 0 Å². The topological polar surface area (TPSA) is 41.6 Å². The Balaban J connectivity index is 4.00. The molecule has 0 bridgehead atoms. The van der Waals surface area contributed by atoms with Crippen molar-refractivity contribution in [2.75, 3.05) is 20.3 Å². The summed E-state index contributed by atoms with van der Waals surface area (Å²) in [5.74, 6) is 0. The van der Waals surface area contributed by atoms with E-state index in [1.807, 2.05) is 6.92 Å². The van der Waals surface area contributed by atoms with E-state index in [9.17, 15) is 9.18 Å². The maximum Gasteiger partial charge on any atom is 0.411 e. The van der Waals surface area contributed by atoms with E-state index in [-0.39, 0.29) is 0 Å². The van der Waals surface area contributed by atoms with E-state index >= 15 is 0 Å². The molecule has 1 unspecified atom stereocenters. The first-order valence-electron chi connectivity index (χ1n) is 3.53. The highest BCUT2D eigenvalue weighted by Gasteiger charge is 2.16. The number of amides is 1. The second-order valence-electron chi connectivity index (χ2n) is 2.11. The number of nitrogens with zero attached hydrogens (tertiary/aromatic N) is 1. The van der Waals surface area contributed by atoms with Crippen LogP contribution in [0.15, 0.2) is 0 Å². The third-order valence-electron chi connectivity index (χ3n) is 1.27. The largest absolute Gasteiger partial charge is 0.411 e. The lowest BCUT2D eigenvalue weighted by Crippen LogP contribution is -2.14. The van der Waals surface area contributed by atoms with Crippen molar-refractivity contribution in [1.82, 2.24) is 9.39 Å². The molecule has 0 aromatic carbocycles. The molecule has 8 heteroatoms. The molecule has 78 valence electrons. The lowest BCUT2D eigenvalue weighted by molar-refractivity contribution is 0.208. The van der Waals surface area contributed by atoms with Gasteiger partial charge in [0.2, 0.25) is 0 Å². The maximum absolute atomic E-state index is 12.0. The van der Waals surface area contributed by atoms with Crippen LogP contribution in [0.3, 0.4) is 0 Å². The number of carbonyl (C=O) groups excluding carboxylic acids is 1. The third-order valence-corrected chi connectivity index (χ3v) is 6.25. The molecule has 0 heterocycles. The average Bonchev–Trinajstić information content (AvgIpc) is 2.13. The monoisotopic (exact) mass is 246 g/mol. The van der Waals surface area contributed by atoms with Gasteiger partial charge in [0, 0.05) is 13.2 Å². The maximum atomic E-state index is 12.0. The van der Waals surface area contributed by atoms with Gasteiger partial charge in [-0.25, -0.2) is 13.1 Å². The highest BCUT2D eigenvalue weighted by molar-refractivity contribution is 8.15. The highest BCUT2D eigenvalue weighted by Crippen LogP contribution is 2.46. The minimum absolute atomic E-state index is 0.632. The minimum atomic E-state index is -2.09. The second kappa shape index (κ2) is 5.93. The number of carbonyl (C=O) groups is 1. The Labute approximate surface area is 86.7 Å². The predicted molar refractivity (Wildman–Crippen MR) is 56.8 cm³/mol. The molecule has 0 saturated carbocycles. The van der Waals surface area contributed by atoms with Gasteiger partial charge in [-0.15, -0.1) is 4.39 Å². The predicted octanol–water partition coefficient (Wildman–Crippen LogP) is 2.14. The molecule has 0 spiro atoms. The molecule has 13 heavy (non-hydrogen) atoms. The summed E-state index contributed by atoms with van der Waals surface area (Å²) in [6, 6.07) is 0. The van der Waals surface area contributed by atoms with E-state index in [2.05, 4.69) is 5.09 Å². The Morgan fingerprint density at radius 2 is 2.38 bits per heavy atom. The standard InChI is InChI=1S/C5H12FN2O2PS2/c1-4-11(12,7-2)10-13-8(3)5(6)9/h4H2,1-3H3,(H,7,12). The zero-order valence-corrected chi connectivity index (χ0v) is 10.1. The van der Waals surface area contributed by atoms with Crippen LogP contribution in [0.4, 0.5) is 9.18 Å². The second-order valence-corrected chi connectivity index (χ2v) is 7.60. The van der Waals surface area contributed by atoms with Gasteiger partial charge in [0.25, 0.3) is 0 Å². The fourth-order valence-corrected chi connectivity index (χ4v) is 2.55. The lowest BCUT2D eigenvalue weighted by atomic mass is 11.0. The minimum Gasteiger partial charge on any atom is -0.270 e. The van der Waals surface area contributed by atoms with Crippen molar-refractivity contribution in [3.63, 3.8) is 0 Å². The quantitative estimate of drug-likeness (QED) is 0.265. The van der Waals surface area contributed by atoms with Gasteiger partial charge in [-0.2, -0.15) is 0 Å². The van der Waals surface area contributed by atoms with Crippen LogP contribution < -0.4 is 5.09 Å². The summed E-state index contributed by atoms with van der Waals surface area (Å²) in [6.07, 6.45) is -3.01. The average molecular weight is 246 g/mol. The van der Waals surface area contributed by atoms with Gasteiger partial charge in [0.1, 0.15) is 18.6 Å². The number of nitrogens with one attached hydrogen (secondary N) is 1. The van der Waals surface area contributed by atoms with Gasteiger partial charge in [0.05, 0.1) is 0 Å². The molecule has 0 aliphatic carbocycles. The summed E-state index contributed by atoms with van der Waals surface area (Å²) in [7, 11) is 2.96. The van der Waals surface area contributed by atoms with E-state index in [0.29, 0.717) is 18.4 Å². The van der Waals surface area contributed by atoms with Gasteiger partial charge < -0.3 is 0 Å². The van der Waals surface area contributed by atoms with Gasteiger partial charge in [-0.3, -0.25) is 5.09 Å². The van der Waals surface area contributed by atoms with Gasteiger partial charge >= 0.3 is 6.16 Å². The first kappa shape index (κ1) is 13.3. The van der Waals surface area contributed by atoms with Gasteiger partial charge in [-0.1, -0.05) is 6.92 Å². The normalized spacial score (nSPS) is 15.1. The lowest BCUT2D eigenvalue weighted by Gasteiger charge is -2.20.